The van der Waals surface area contributed by atoms with Crippen molar-refractivity contribution < 1.29 is 28.9 Å². The van der Waals surface area contributed by atoms with Gasteiger partial charge in [0.2, 0.25) is 0 Å². The molecule has 0 radical (unpaired) electrons. The first-order chi connectivity index (χ1) is 23.6. The third-order valence-electron chi connectivity index (χ3n) is 9.35. The largest absolute Gasteiger partial charge is 0.480 e. The predicted octanol–water partition coefficient (Wildman–Crippen LogP) is 8.24. The second-order valence-corrected chi connectivity index (χ2v) is 14.1. The van der Waals surface area contributed by atoms with Crippen LogP contribution < -0.4 is 5.32 Å². The fraction of sp³-hybridized carbons (Fsp3) is 0.650. The standard InChI is InChI=1S/C34H50N2O5S.C6H14O/c1-6-8-12-25(7-2)22-41-28-19-27(23-40-4)36(21-28)20-26-14-15-30(31(18-26)29-13-10-9-11-24(29)3)33(37)35-32(34(38)39)16-17-42-5;1-4-6(3)7-5-2/h9-11,13-15,18,25,27-28,32H,6-8,12,16-17,19-23H2,1-5H3,(H,35,37)(H,38,39);6H,4-5H2,1-3H3/t25?,27-,28?,32?;/m0./s1. The van der Waals surface area contributed by atoms with Gasteiger partial charge in [0, 0.05) is 45.0 Å². The van der Waals surface area contributed by atoms with E-state index in [0.29, 0.717) is 42.9 Å². The van der Waals surface area contributed by atoms with E-state index in [1.165, 1.54) is 19.3 Å². The van der Waals surface area contributed by atoms with Crippen molar-refractivity contribution in [1.82, 2.24) is 10.2 Å². The fourth-order valence-corrected chi connectivity index (χ4v) is 6.61. The lowest BCUT2D eigenvalue weighted by molar-refractivity contribution is -0.139. The summed E-state index contributed by atoms with van der Waals surface area (Å²) in [7, 11) is 1.75. The second kappa shape index (κ2) is 23.9. The van der Waals surface area contributed by atoms with Crippen molar-refractivity contribution in [2.24, 2.45) is 5.92 Å². The van der Waals surface area contributed by atoms with Gasteiger partial charge in [-0.3, -0.25) is 9.69 Å². The highest BCUT2D eigenvalue weighted by Crippen LogP contribution is 2.31. The number of carboxylic acids is 1. The van der Waals surface area contributed by atoms with Crippen molar-refractivity contribution in [3.8, 4) is 11.1 Å². The van der Waals surface area contributed by atoms with Crippen LogP contribution in [0.4, 0.5) is 0 Å². The van der Waals surface area contributed by atoms with Gasteiger partial charge in [0.25, 0.3) is 5.91 Å². The number of nitrogens with zero attached hydrogens (tertiary/aromatic N) is 1. The first kappa shape index (κ1) is 42.7. The van der Waals surface area contributed by atoms with Crippen LogP contribution in [0.1, 0.15) is 101 Å². The summed E-state index contributed by atoms with van der Waals surface area (Å²) < 4.78 is 17.2. The van der Waals surface area contributed by atoms with Gasteiger partial charge in [-0.05, 0) is 98.8 Å². The summed E-state index contributed by atoms with van der Waals surface area (Å²) in [5, 5.41) is 12.5. The molecule has 276 valence electrons. The number of methoxy groups -OCH3 is 1. The average molecular weight is 701 g/mol. The molecule has 1 aliphatic heterocycles. The lowest BCUT2D eigenvalue weighted by atomic mass is 9.93. The molecule has 9 heteroatoms. The van der Waals surface area contributed by atoms with Crippen LogP contribution in [0.2, 0.25) is 0 Å². The van der Waals surface area contributed by atoms with Crippen molar-refractivity contribution in [2.75, 3.05) is 45.5 Å². The summed E-state index contributed by atoms with van der Waals surface area (Å²) in [6.07, 6.45) is 9.81. The van der Waals surface area contributed by atoms with Crippen LogP contribution in [0.3, 0.4) is 0 Å². The van der Waals surface area contributed by atoms with Crippen LogP contribution in [0.5, 0.6) is 0 Å². The maximum Gasteiger partial charge on any atom is 0.326 e. The van der Waals surface area contributed by atoms with Crippen molar-refractivity contribution in [3.63, 3.8) is 0 Å². The topological polar surface area (TPSA) is 97.3 Å². The molecule has 4 unspecified atom stereocenters. The van der Waals surface area contributed by atoms with E-state index in [0.717, 1.165) is 61.3 Å². The zero-order valence-corrected chi connectivity index (χ0v) is 32.3. The van der Waals surface area contributed by atoms with E-state index in [4.69, 9.17) is 14.2 Å². The summed E-state index contributed by atoms with van der Waals surface area (Å²) in [6, 6.07) is 13.2. The summed E-state index contributed by atoms with van der Waals surface area (Å²) >= 11 is 1.56. The number of unbranched alkanes of at least 4 members (excludes halogenated alkanes) is 1. The molecule has 0 bridgehead atoms. The molecule has 0 saturated carbocycles. The van der Waals surface area contributed by atoms with E-state index in [9.17, 15) is 14.7 Å². The molecular formula is C40H64N2O6S. The maximum absolute atomic E-state index is 13.5. The molecule has 1 aliphatic rings. The Morgan fingerprint density at radius 3 is 2.41 bits per heavy atom. The number of ether oxygens (including phenoxy) is 3. The fourth-order valence-electron chi connectivity index (χ4n) is 6.14. The van der Waals surface area contributed by atoms with Gasteiger partial charge in [0.05, 0.1) is 18.8 Å². The van der Waals surface area contributed by atoms with E-state index in [2.05, 4.69) is 44.0 Å². The number of thioether (sulfide) groups is 1. The molecule has 1 saturated heterocycles. The van der Waals surface area contributed by atoms with Crippen LogP contribution in [0, 0.1) is 12.8 Å². The Kier molecular flexibility index (Phi) is 20.8. The summed E-state index contributed by atoms with van der Waals surface area (Å²) in [5.41, 5.74) is 4.42. The van der Waals surface area contributed by atoms with Crippen LogP contribution in [-0.4, -0.2) is 91.7 Å². The zero-order valence-electron chi connectivity index (χ0n) is 31.5. The average Bonchev–Trinajstić information content (AvgIpc) is 3.47. The molecule has 0 aromatic heterocycles. The number of rotatable bonds is 21. The van der Waals surface area contributed by atoms with Crippen LogP contribution in [0.25, 0.3) is 11.1 Å². The number of nitrogens with one attached hydrogen (secondary N) is 1. The minimum atomic E-state index is -1.02. The molecule has 1 heterocycles. The highest BCUT2D eigenvalue weighted by atomic mass is 32.2. The Labute approximate surface area is 301 Å². The smallest absolute Gasteiger partial charge is 0.326 e. The Morgan fingerprint density at radius 2 is 1.82 bits per heavy atom. The van der Waals surface area contributed by atoms with Crippen molar-refractivity contribution in [2.45, 2.75) is 117 Å². The molecule has 2 aromatic carbocycles. The third kappa shape index (κ3) is 14.8. The van der Waals surface area contributed by atoms with Gasteiger partial charge in [0.15, 0.2) is 0 Å². The Bertz CT molecular complexity index is 1240. The number of carbonyl (C=O) groups is 2. The SMILES string of the molecule is CCCCC(CC)COC1C[C@@H](COC)N(Cc2ccc(C(=O)NC(CCSC)C(=O)O)c(-c3ccccc3C)c2)C1.CCOC(C)CC. The first-order valence-electron chi connectivity index (χ1n) is 18.3. The van der Waals surface area contributed by atoms with Gasteiger partial charge >= 0.3 is 5.97 Å². The van der Waals surface area contributed by atoms with E-state index in [1.54, 1.807) is 18.9 Å². The Hall–Kier alpha value is -2.43. The third-order valence-corrected chi connectivity index (χ3v) is 9.99. The van der Waals surface area contributed by atoms with Crippen molar-refractivity contribution in [3.05, 3.63) is 59.2 Å². The second-order valence-electron chi connectivity index (χ2n) is 13.2. The van der Waals surface area contributed by atoms with Crippen LogP contribution >= 0.6 is 11.8 Å². The predicted molar refractivity (Wildman–Crippen MR) is 204 cm³/mol. The zero-order chi connectivity index (χ0) is 36.2. The molecule has 2 N–H and O–H groups in total. The van der Waals surface area contributed by atoms with Gasteiger partial charge in [-0.1, -0.05) is 70.4 Å². The van der Waals surface area contributed by atoms with E-state index < -0.39 is 12.0 Å². The van der Waals surface area contributed by atoms with E-state index >= 15 is 0 Å². The number of hydrogen-bond donors (Lipinski definition) is 2. The van der Waals surface area contributed by atoms with Gasteiger partial charge in [-0.2, -0.15) is 11.8 Å². The Morgan fingerprint density at radius 1 is 1.06 bits per heavy atom. The minimum Gasteiger partial charge on any atom is -0.480 e. The number of aliphatic carboxylic acids is 1. The van der Waals surface area contributed by atoms with Crippen molar-refractivity contribution >= 4 is 23.6 Å². The number of carboxylic acid groups (broad SMARTS) is 1. The molecule has 5 atom stereocenters. The summed E-state index contributed by atoms with van der Waals surface area (Å²) in [4.78, 5) is 27.7. The van der Waals surface area contributed by atoms with Gasteiger partial charge in [-0.25, -0.2) is 4.79 Å². The van der Waals surface area contributed by atoms with Crippen LogP contribution in [0.15, 0.2) is 42.5 Å². The molecule has 1 amide bonds. The number of aryl methyl sites for hydroxylation is 1. The van der Waals surface area contributed by atoms with Gasteiger partial charge < -0.3 is 24.6 Å². The minimum absolute atomic E-state index is 0.177. The number of hydrogen-bond acceptors (Lipinski definition) is 7. The van der Waals surface area contributed by atoms with Gasteiger partial charge in [-0.15, -0.1) is 0 Å². The summed E-state index contributed by atoms with van der Waals surface area (Å²) in [5.74, 6) is -0.121. The molecule has 8 nitrogen and oxygen atoms in total. The lowest BCUT2D eigenvalue weighted by Gasteiger charge is -2.24. The van der Waals surface area contributed by atoms with E-state index in [1.807, 2.05) is 56.5 Å². The molecular weight excluding hydrogens is 637 g/mol. The maximum atomic E-state index is 13.5. The van der Waals surface area contributed by atoms with Crippen molar-refractivity contribution in [1.29, 1.82) is 0 Å². The monoisotopic (exact) mass is 700 g/mol. The van der Waals surface area contributed by atoms with Gasteiger partial charge in [0.1, 0.15) is 6.04 Å². The molecule has 2 aromatic rings. The molecule has 0 aliphatic carbocycles. The van der Waals surface area contributed by atoms with Crippen LogP contribution in [-0.2, 0) is 25.5 Å². The normalized spacial score (nSPS) is 18.0. The number of benzene rings is 2. The quantitative estimate of drug-likeness (QED) is 0.134. The summed E-state index contributed by atoms with van der Waals surface area (Å²) in [6.45, 7) is 16.6. The number of likely N-dealkylation sites (tertiary alicyclic amines) is 1. The lowest BCUT2D eigenvalue weighted by Crippen LogP contribution is -2.41. The number of carbonyl (C=O) groups excluding carboxylic acids is 1. The first-order valence-corrected chi connectivity index (χ1v) is 19.7. The highest BCUT2D eigenvalue weighted by Gasteiger charge is 2.33. The molecule has 49 heavy (non-hydrogen) atoms. The molecule has 1 fully saturated rings. The van der Waals surface area contributed by atoms with E-state index in [-0.39, 0.29) is 18.1 Å². The molecule has 3 rings (SSSR count). The highest BCUT2D eigenvalue weighted by molar-refractivity contribution is 7.98. The number of amides is 1. The Balaban J connectivity index is 0.00000107. The molecule has 0 spiro atoms.